The molecule has 0 bridgehead atoms. The van der Waals surface area contributed by atoms with Crippen LogP contribution in [0.15, 0.2) is 12.2 Å². The zero-order valence-corrected chi connectivity index (χ0v) is 11.2. The minimum absolute atomic E-state index is 0.280. The van der Waals surface area contributed by atoms with Gasteiger partial charge in [0.25, 0.3) is 3.12 Å². The first kappa shape index (κ1) is 14.2. The van der Waals surface area contributed by atoms with Crippen LogP contribution in [0, 0.1) is 11.8 Å². The van der Waals surface area contributed by atoms with E-state index in [1.807, 2.05) is 12.2 Å². The molecule has 0 radical (unpaired) electrons. The number of hydrogen-bond acceptors (Lipinski definition) is 3. The molecule has 1 N–H and O–H groups in total. The van der Waals surface area contributed by atoms with E-state index >= 15 is 0 Å². The molecule has 1 amide bonds. The quantitative estimate of drug-likeness (QED) is 0.377. The van der Waals surface area contributed by atoms with Crippen LogP contribution in [-0.2, 0) is 9.59 Å². The lowest BCUT2D eigenvalue weighted by molar-refractivity contribution is -0.128. The second-order valence-electron chi connectivity index (χ2n) is 3.36. The van der Waals surface area contributed by atoms with Gasteiger partial charge in [-0.1, -0.05) is 47.0 Å². The van der Waals surface area contributed by atoms with Crippen molar-refractivity contribution in [1.82, 2.24) is 4.72 Å². The van der Waals surface area contributed by atoms with Crippen LogP contribution >= 0.6 is 46.8 Å². The van der Waals surface area contributed by atoms with Crippen LogP contribution in [-0.4, -0.2) is 15.3 Å². The Morgan fingerprint density at radius 2 is 2.00 bits per heavy atom. The van der Waals surface area contributed by atoms with Gasteiger partial charge in [0.1, 0.15) is 6.29 Å². The van der Waals surface area contributed by atoms with E-state index in [1.54, 1.807) is 0 Å². The molecule has 0 saturated carbocycles. The van der Waals surface area contributed by atoms with Crippen molar-refractivity contribution in [3.8, 4) is 0 Å². The topological polar surface area (TPSA) is 46.2 Å². The third-order valence-electron chi connectivity index (χ3n) is 2.26. The minimum atomic E-state index is -1.59. The fraction of sp³-hybridized carbons (Fsp3) is 0.556. The molecular weight excluding hydrogens is 293 g/mol. The number of nitrogens with one attached hydrogen (secondary N) is 1. The van der Waals surface area contributed by atoms with Gasteiger partial charge in [0.05, 0.1) is 5.92 Å². The Bertz CT molecular complexity index is 304. The molecule has 90 valence electrons. The van der Waals surface area contributed by atoms with Crippen molar-refractivity contribution in [2.24, 2.45) is 11.8 Å². The predicted molar refractivity (Wildman–Crippen MR) is 67.4 cm³/mol. The van der Waals surface area contributed by atoms with Gasteiger partial charge in [-0.05, 0) is 12.8 Å². The van der Waals surface area contributed by atoms with E-state index in [0.29, 0.717) is 24.8 Å². The normalized spacial score (nSPS) is 25.2. The summed E-state index contributed by atoms with van der Waals surface area (Å²) in [7, 11) is 0. The highest BCUT2D eigenvalue weighted by Crippen LogP contribution is 2.37. The number of aldehydes is 1. The Morgan fingerprint density at radius 1 is 1.38 bits per heavy atom. The molecule has 0 spiro atoms. The molecule has 0 aromatic rings. The lowest BCUT2D eigenvalue weighted by Gasteiger charge is -2.23. The number of amides is 1. The first-order valence-electron chi connectivity index (χ1n) is 4.59. The van der Waals surface area contributed by atoms with Crippen LogP contribution < -0.4 is 4.72 Å². The van der Waals surface area contributed by atoms with E-state index in [0.717, 1.165) is 6.29 Å². The van der Waals surface area contributed by atoms with Crippen molar-refractivity contribution < 1.29 is 9.59 Å². The van der Waals surface area contributed by atoms with Gasteiger partial charge in [0.15, 0.2) is 0 Å². The monoisotopic (exact) mass is 301 g/mol. The van der Waals surface area contributed by atoms with Gasteiger partial charge in [-0.2, -0.15) is 0 Å². The molecule has 1 aliphatic carbocycles. The van der Waals surface area contributed by atoms with E-state index in [9.17, 15) is 9.59 Å². The van der Waals surface area contributed by atoms with E-state index < -0.39 is 3.12 Å². The molecule has 7 heteroatoms. The SMILES string of the molecule is O=CC1CC=CCC1C(=O)NSC(Cl)(Cl)Cl. The highest BCUT2D eigenvalue weighted by Gasteiger charge is 2.30. The maximum Gasteiger partial charge on any atom is 0.256 e. The molecule has 0 fully saturated rings. The Hall–Kier alpha value is 0.1000. The molecule has 0 aliphatic heterocycles. The lowest BCUT2D eigenvalue weighted by Crippen LogP contribution is -2.34. The maximum absolute atomic E-state index is 11.7. The molecule has 16 heavy (non-hydrogen) atoms. The molecule has 0 saturated heterocycles. The highest BCUT2D eigenvalue weighted by molar-refractivity contribution is 8.03. The van der Waals surface area contributed by atoms with Crippen LogP contribution in [0.1, 0.15) is 12.8 Å². The average molecular weight is 303 g/mol. The van der Waals surface area contributed by atoms with Gasteiger partial charge in [0.2, 0.25) is 5.91 Å². The smallest absolute Gasteiger partial charge is 0.256 e. The number of carbonyl (C=O) groups is 2. The maximum atomic E-state index is 11.7. The van der Waals surface area contributed by atoms with Crippen LogP contribution in [0.3, 0.4) is 0 Å². The van der Waals surface area contributed by atoms with Gasteiger partial charge >= 0.3 is 0 Å². The molecular formula is C9H10Cl3NO2S. The average Bonchev–Trinajstić information content (AvgIpc) is 2.25. The first-order valence-corrected chi connectivity index (χ1v) is 6.54. The fourth-order valence-electron chi connectivity index (χ4n) is 1.47. The predicted octanol–water partition coefficient (Wildman–Crippen LogP) is 2.86. The second kappa shape index (κ2) is 6.15. The zero-order chi connectivity index (χ0) is 12.2. The summed E-state index contributed by atoms with van der Waals surface area (Å²) in [6, 6.07) is 0. The summed E-state index contributed by atoms with van der Waals surface area (Å²) in [5.74, 6) is -0.943. The van der Waals surface area contributed by atoms with Crippen LogP contribution in [0.2, 0.25) is 0 Å². The number of allylic oxidation sites excluding steroid dienone is 2. The van der Waals surface area contributed by atoms with E-state index in [4.69, 9.17) is 34.8 Å². The molecule has 1 rings (SSSR count). The number of carbonyl (C=O) groups excluding carboxylic acids is 2. The number of hydrogen-bond donors (Lipinski definition) is 1. The number of alkyl halides is 3. The molecule has 2 unspecified atom stereocenters. The summed E-state index contributed by atoms with van der Waals surface area (Å²) in [4.78, 5) is 22.5. The molecule has 3 nitrogen and oxygen atoms in total. The van der Waals surface area contributed by atoms with E-state index in [2.05, 4.69) is 4.72 Å². The summed E-state index contributed by atoms with van der Waals surface area (Å²) in [5, 5.41) is 0. The zero-order valence-electron chi connectivity index (χ0n) is 8.16. The van der Waals surface area contributed by atoms with Gasteiger partial charge in [-0.25, -0.2) is 0 Å². The summed E-state index contributed by atoms with van der Waals surface area (Å²) in [6.07, 6.45) is 5.69. The van der Waals surface area contributed by atoms with Crippen molar-refractivity contribution in [3.05, 3.63) is 12.2 Å². The standard InChI is InChI=1S/C9H10Cl3NO2S/c10-9(11,12)16-13-8(15)7-4-2-1-3-6(7)5-14/h1-2,5-7H,3-4H2,(H,13,15). The minimum Gasteiger partial charge on any atom is -0.303 e. The second-order valence-corrected chi connectivity index (χ2v) is 7.34. The van der Waals surface area contributed by atoms with E-state index in [-0.39, 0.29) is 17.7 Å². The third kappa shape index (κ3) is 4.53. The Labute approximate surface area is 113 Å². The molecule has 0 heterocycles. The van der Waals surface area contributed by atoms with Crippen molar-refractivity contribution in [3.63, 3.8) is 0 Å². The molecule has 0 aromatic carbocycles. The Balaban J connectivity index is 2.52. The number of rotatable bonds is 3. The Morgan fingerprint density at radius 3 is 2.56 bits per heavy atom. The Kier molecular flexibility index (Phi) is 5.44. The molecule has 0 aromatic heterocycles. The highest BCUT2D eigenvalue weighted by atomic mass is 35.6. The van der Waals surface area contributed by atoms with Gasteiger partial charge in [0, 0.05) is 17.9 Å². The lowest BCUT2D eigenvalue weighted by atomic mass is 9.84. The van der Waals surface area contributed by atoms with Crippen molar-refractivity contribution in [2.75, 3.05) is 0 Å². The van der Waals surface area contributed by atoms with Gasteiger partial charge in [-0.15, -0.1) is 0 Å². The van der Waals surface area contributed by atoms with Crippen molar-refractivity contribution in [1.29, 1.82) is 0 Å². The molecule has 2 atom stereocenters. The van der Waals surface area contributed by atoms with Crippen LogP contribution in [0.5, 0.6) is 0 Å². The largest absolute Gasteiger partial charge is 0.303 e. The fourth-order valence-corrected chi connectivity index (χ4v) is 2.19. The molecule has 1 aliphatic rings. The van der Waals surface area contributed by atoms with Crippen LogP contribution in [0.4, 0.5) is 0 Å². The number of halogens is 3. The van der Waals surface area contributed by atoms with Crippen LogP contribution in [0.25, 0.3) is 0 Å². The van der Waals surface area contributed by atoms with Gasteiger partial charge < -0.3 is 4.79 Å². The van der Waals surface area contributed by atoms with Crippen molar-refractivity contribution >= 4 is 58.9 Å². The summed E-state index contributed by atoms with van der Waals surface area (Å²) >= 11 is 17.2. The third-order valence-corrected chi connectivity index (χ3v) is 3.49. The van der Waals surface area contributed by atoms with Crippen molar-refractivity contribution in [2.45, 2.75) is 16.0 Å². The van der Waals surface area contributed by atoms with E-state index in [1.165, 1.54) is 0 Å². The van der Waals surface area contributed by atoms with Gasteiger partial charge in [-0.3, -0.25) is 9.52 Å². The summed E-state index contributed by atoms with van der Waals surface area (Å²) < 4.78 is 0.859. The summed E-state index contributed by atoms with van der Waals surface area (Å²) in [5.41, 5.74) is 0. The summed E-state index contributed by atoms with van der Waals surface area (Å²) in [6.45, 7) is 0. The first-order chi connectivity index (χ1) is 7.44.